The molecule has 17 nitrogen and oxygen atoms in total. The molecule has 1 saturated carbocycles. The first-order valence-corrected chi connectivity index (χ1v) is 13.2. The van der Waals surface area contributed by atoms with Crippen molar-refractivity contribution in [2.24, 2.45) is 11.8 Å². The molecule has 1 aliphatic carbocycles. The van der Waals surface area contributed by atoms with Gasteiger partial charge in [-0.25, -0.2) is 14.4 Å². The first-order valence-electron chi connectivity index (χ1n) is 13.2. The highest BCUT2D eigenvalue weighted by Crippen LogP contribution is 2.59. The van der Waals surface area contributed by atoms with E-state index >= 15 is 0 Å². The van der Waals surface area contributed by atoms with Gasteiger partial charge in [0.05, 0.1) is 44.7 Å². The summed E-state index contributed by atoms with van der Waals surface area (Å²) in [5.74, 6) is -6.80. The predicted octanol–water partition coefficient (Wildman–Crippen LogP) is -2.66. The van der Waals surface area contributed by atoms with Crippen LogP contribution in [0.25, 0.3) is 5.57 Å². The molecule has 0 radical (unpaired) electrons. The number of epoxide rings is 1. The maximum Gasteiger partial charge on any atom is 0.346 e. The predicted molar refractivity (Wildman–Crippen MR) is 137 cm³/mol. The molecule has 7 N–H and O–H groups in total. The summed E-state index contributed by atoms with van der Waals surface area (Å²) in [6.07, 6.45) is -10.9. The molecule has 0 spiro atoms. The monoisotopic (exact) mass is 626 g/mol. The van der Waals surface area contributed by atoms with Crippen LogP contribution >= 0.6 is 0 Å². The molecule has 3 aliphatic heterocycles. The lowest BCUT2D eigenvalue weighted by Gasteiger charge is -2.44. The Bertz CT molecular complexity index is 1370. The minimum Gasteiger partial charge on any atom is -0.504 e. The summed E-state index contributed by atoms with van der Waals surface area (Å²) >= 11 is 0. The average Bonchev–Trinajstić information content (AvgIpc) is 3.77. The Hall–Kier alpha value is -3.81. The molecule has 44 heavy (non-hydrogen) atoms. The second-order valence-corrected chi connectivity index (χ2v) is 10.4. The van der Waals surface area contributed by atoms with Crippen LogP contribution in [-0.4, -0.2) is 129 Å². The fourth-order valence-electron chi connectivity index (χ4n) is 5.75. The molecule has 3 heterocycles. The SMILES string of the molecule is COC(=O)C1=CO[C@@H](O[C@H]2O[C@@H](CO)[C@H](O)[C@@H](O)[C@@H]2O)C2C1[C@@H]1O[C@@H]1[C@]2(O)C(=O)O/C=C(\C(=O)O)c1ccc(O)c(OC)c1. The minimum absolute atomic E-state index is 0.0301. The number of phenolic OH excluding ortho intramolecular Hbond substituents is 1. The number of carboxylic acid groups (broad SMARTS) is 1. The number of hydrogen-bond donors (Lipinski definition) is 7. The van der Waals surface area contributed by atoms with Crippen molar-refractivity contribution in [1.29, 1.82) is 0 Å². The molecule has 11 atom stereocenters. The van der Waals surface area contributed by atoms with Gasteiger partial charge < -0.3 is 68.9 Å². The largest absolute Gasteiger partial charge is 0.504 e. The fourth-order valence-corrected chi connectivity index (χ4v) is 5.75. The van der Waals surface area contributed by atoms with Gasteiger partial charge >= 0.3 is 17.9 Å². The van der Waals surface area contributed by atoms with Gasteiger partial charge in [0.25, 0.3) is 0 Å². The maximum atomic E-state index is 13.5. The first-order chi connectivity index (χ1) is 20.9. The lowest BCUT2D eigenvalue weighted by molar-refractivity contribution is -0.348. The number of aromatic hydroxyl groups is 1. The van der Waals surface area contributed by atoms with Crippen LogP contribution in [0.2, 0.25) is 0 Å². The number of hydrogen-bond acceptors (Lipinski definition) is 16. The van der Waals surface area contributed by atoms with E-state index < -0.39 is 96.7 Å². The van der Waals surface area contributed by atoms with Crippen LogP contribution in [-0.2, 0) is 42.8 Å². The van der Waals surface area contributed by atoms with E-state index in [2.05, 4.69) is 0 Å². The van der Waals surface area contributed by atoms with Crippen molar-refractivity contribution in [1.82, 2.24) is 0 Å². The number of ether oxygens (including phenoxy) is 7. The number of carbonyl (C=O) groups is 3. The molecule has 1 aromatic rings. The van der Waals surface area contributed by atoms with Crippen LogP contribution in [0.1, 0.15) is 5.56 Å². The fraction of sp³-hybridized carbons (Fsp3) is 0.519. The van der Waals surface area contributed by atoms with Crippen LogP contribution in [0.4, 0.5) is 0 Å². The third-order valence-electron chi connectivity index (χ3n) is 8.06. The van der Waals surface area contributed by atoms with E-state index in [1.807, 2.05) is 0 Å². The van der Waals surface area contributed by atoms with Crippen LogP contribution in [0.15, 0.2) is 36.3 Å². The molecule has 3 fully saturated rings. The lowest BCUT2D eigenvalue weighted by Crippen LogP contribution is -2.62. The molecule has 0 amide bonds. The summed E-state index contributed by atoms with van der Waals surface area (Å²) in [5.41, 5.74) is -3.38. The van der Waals surface area contributed by atoms with Crippen LogP contribution in [0.5, 0.6) is 11.5 Å². The Labute approximate surface area is 248 Å². The second kappa shape index (κ2) is 11.9. The summed E-state index contributed by atoms with van der Waals surface area (Å²) in [7, 11) is 2.33. The summed E-state index contributed by atoms with van der Waals surface area (Å²) in [6, 6.07) is 3.56. The van der Waals surface area contributed by atoms with Crippen molar-refractivity contribution in [3.8, 4) is 11.5 Å². The molecular formula is C27H30O17. The number of aliphatic hydroxyl groups is 5. The summed E-state index contributed by atoms with van der Waals surface area (Å²) in [4.78, 5) is 38.1. The summed E-state index contributed by atoms with van der Waals surface area (Å²) in [6.45, 7) is -0.770. The third-order valence-corrected chi connectivity index (χ3v) is 8.06. The minimum atomic E-state index is -2.64. The third kappa shape index (κ3) is 5.16. The van der Waals surface area contributed by atoms with E-state index in [4.69, 9.17) is 33.2 Å². The van der Waals surface area contributed by atoms with Gasteiger partial charge in [-0.3, -0.25) is 0 Å². The standard InChI is InChI=1S/C27H30O17/c1-38-13-5-9(3-4-12(13)29)10(22(33)34)7-41-26(36)27(37)16-15(20-21(27)43-20)11(23(35)39-2)8-40-24(16)44-25-19(32)18(31)17(30)14(6-28)42-25/h3-5,7-8,14-21,24-25,28-32,37H,6H2,1-2H3,(H,33,34)/b10-7-/t14-,15?,16?,17-,18+,19-,20-,21-,24-,25+,27-/m0/s1. The molecule has 2 saturated heterocycles. The number of fused-ring (bicyclic) bond motifs is 3. The van der Waals surface area contributed by atoms with Crippen molar-refractivity contribution in [2.75, 3.05) is 20.8 Å². The number of esters is 2. The van der Waals surface area contributed by atoms with Gasteiger partial charge in [-0.15, -0.1) is 0 Å². The number of aliphatic hydroxyl groups excluding tert-OH is 4. The van der Waals surface area contributed by atoms with Crippen LogP contribution < -0.4 is 4.74 Å². The van der Waals surface area contributed by atoms with Gasteiger partial charge in [-0.2, -0.15) is 0 Å². The van der Waals surface area contributed by atoms with Crippen LogP contribution in [0, 0.1) is 11.8 Å². The number of methoxy groups -OCH3 is 2. The number of benzene rings is 1. The van der Waals surface area contributed by atoms with Crippen molar-refractivity contribution in [2.45, 2.75) is 54.8 Å². The number of carbonyl (C=O) groups excluding carboxylic acids is 2. The lowest BCUT2D eigenvalue weighted by atomic mass is 9.79. The zero-order chi connectivity index (χ0) is 32.1. The van der Waals surface area contributed by atoms with E-state index in [9.17, 15) is 50.1 Å². The summed E-state index contributed by atoms with van der Waals surface area (Å²) < 4.78 is 37.1. The van der Waals surface area contributed by atoms with E-state index in [-0.39, 0.29) is 22.6 Å². The van der Waals surface area contributed by atoms with Gasteiger partial charge in [0, 0.05) is 5.92 Å². The zero-order valence-corrected chi connectivity index (χ0v) is 23.1. The Kier molecular flexibility index (Phi) is 8.58. The van der Waals surface area contributed by atoms with Gasteiger partial charge in [-0.05, 0) is 17.7 Å². The Morgan fingerprint density at radius 2 is 1.77 bits per heavy atom. The molecule has 4 aliphatic rings. The normalized spacial score (nSPS) is 37.5. The quantitative estimate of drug-likeness (QED) is 0.0638. The number of phenols is 1. The smallest absolute Gasteiger partial charge is 0.346 e. The molecule has 0 bridgehead atoms. The molecule has 1 aromatic carbocycles. The van der Waals surface area contributed by atoms with E-state index in [1.165, 1.54) is 19.2 Å². The molecule has 2 unspecified atom stereocenters. The number of carboxylic acids is 1. The van der Waals surface area contributed by atoms with Gasteiger partial charge in [0.2, 0.25) is 11.9 Å². The number of aliphatic carboxylic acids is 1. The molecule has 17 heteroatoms. The molecule has 0 aromatic heterocycles. The van der Waals surface area contributed by atoms with Crippen molar-refractivity contribution < 1.29 is 83.3 Å². The van der Waals surface area contributed by atoms with Crippen molar-refractivity contribution in [3.63, 3.8) is 0 Å². The molecular weight excluding hydrogens is 596 g/mol. The van der Waals surface area contributed by atoms with Crippen LogP contribution in [0.3, 0.4) is 0 Å². The number of rotatable bonds is 9. The van der Waals surface area contributed by atoms with Crippen molar-refractivity contribution in [3.05, 3.63) is 41.9 Å². The Morgan fingerprint density at radius 3 is 2.41 bits per heavy atom. The highest BCUT2D eigenvalue weighted by atomic mass is 16.8. The average molecular weight is 627 g/mol. The van der Waals surface area contributed by atoms with Gasteiger partial charge in [0.15, 0.2) is 17.8 Å². The van der Waals surface area contributed by atoms with E-state index in [1.54, 1.807) is 0 Å². The molecule has 240 valence electrons. The maximum absolute atomic E-state index is 13.5. The Morgan fingerprint density at radius 1 is 1.05 bits per heavy atom. The van der Waals surface area contributed by atoms with E-state index in [0.717, 1.165) is 19.4 Å². The topological polar surface area (TPSA) is 261 Å². The van der Waals surface area contributed by atoms with Gasteiger partial charge in [0.1, 0.15) is 42.4 Å². The van der Waals surface area contributed by atoms with Crippen molar-refractivity contribution >= 4 is 23.5 Å². The van der Waals surface area contributed by atoms with Gasteiger partial charge in [-0.1, -0.05) is 6.07 Å². The zero-order valence-electron chi connectivity index (χ0n) is 23.1. The first kappa shape index (κ1) is 31.6. The summed E-state index contributed by atoms with van der Waals surface area (Å²) in [5, 5.41) is 71.7. The van der Waals surface area contributed by atoms with E-state index in [0.29, 0.717) is 6.26 Å². The highest BCUT2D eigenvalue weighted by molar-refractivity contribution is 6.15. The molecule has 5 rings (SSSR count). The highest BCUT2D eigenvalue weighted by Gasteiger charge is 2.78. The second-order valence-electron chi connectivity index (χ2n) is 10.4. The Balaban J connectivity index is 1.47.